The number of aromatic nitrogens is 1. The largest absolute Gasteiger partial charge is 0.492 e. The first-order valence-electron chi connectivity index (χ1n) is 6.34. The normalized spacial score (nSPS) is 11.0. The topological polar surface area (TPSA) is 85.4 Å². The number of pyridine rings is 1. The lowest BCUT2D eigenvalue weighted by Crippen LogP contribution is -2.11. The van der Waals surface area contributed by atoms with E-state index in [1.807, 2.05) is 0 Å². The third kappa shape index (κ3) is 3.00. The minimum Gasteiger partial charge on any atom is -0.492 e. The van der Waals surface area contributed by atoms with Gasteiger partial charge in [-0.1, -0.05) is 23.2 Å². The molecule has 1 aromatic heterocycles. The maximum atomic E-state index is 14.5. The highest BCUT2D eigenvalue weighted by atomic mass is 35.5. The van der Waals surface area contributed by atoms with Crippen molar-refractivity contribution in [2.45, 2.75) is 0 Å². The van der Waals surface area contributed by atoms with Crippen molar-refractivity contribution in [1.82, 2.24) is 4.98 Å². The number of nitrogen functional groups attached to an aromatic ring is 1. The zero-order valence-corrected chi connectivity index (χ0v) is 13.6. The van der Waals surface area contributed by atoms with Crippen LogP contribution >= 0.6 is 23.2 Å². The van der Waals surface area contributed by atoms with Gasteiger partial charge in [0.25, 0.3) is 0 Å². The lowest BCUT2D eigenvalue weighted by molar-refractivity contribution is 0.0690. The molecule has 3 N–H and O–H groups in total. The second-order valence-corrected chi connectivity index (χ2v) is 5.15. The zero-order valence-electron chi connectivity index (χ0n) is 12.1. The van der Waals surface area contributed by atoms with Crippen molar-refractivity contribution < 1.29 is 23.4 Å². The number of ether oxygens (including phenoxy) is 1. The fraction of sp³-hybridized carbons (Fsp3) is 0.0667. The molecule has 0 aliphatic carbocycles. The second kappa shape index (κ2) is 7.02. The van der Waals surface area contributed by atoms with E-state index in [2.05, 4.69) is 4.98 Å². The monoisotopic (exact) mass is 374 g/mol. The third-order valence-electron chi connectivity index (χ3n) is 3.15. The molecule has 2 aromatic rings. The Bertz CT molecular complexity index is 857. The van der Waals surface area contributed by atoms with Gasteiger partial charge in [0.05, 0.1) is 17.8 Å². The van der Waals surface area contributed by atoms with Crippen molar-refractivity contribution in [3.63, 3.8) is 0 Å². The molecule has 2 rings (SSSR count). The summed E-state index contributed by atoms with van der Waals surface area (Å²) in [6.45, 7) is 0. The molecule has 0 spiro atoms. The summed E-state index contributed by atoms with van der Waals surface area (Å²) in [7, 11) is 1.18. The molecule has 9 heteroatoms. The Morgan fingerprint density at radius 1 is 1.38 bits per heavy atom. The first kappa shape index (κ1) is 18.0. The van der Waals surface area contributed by atoms with Crippen LogP contribution < -0.4 is 10.5 Å². The van der Waals surface area contributed by atoms with E-state index in [1.165, 1.54) is 13.2 Å². The average molecular weight is 375 g/mol. The minimum atomic E-state index is -1.48. The molecule has 0 amide bonds. The van der Waals surface area contributed by atoms with Gasteiger partial charge in [-0.3, -0.25) is 0 Å². The van der Waals surface area contributed by atoms with Crippen LogP contribution in [0.5, 0.6) is 5.75 Å². The van der Waals surface area contributed by atoms with Crippen LogP contribution in [-0.2, 0) is 0 Å². The summed E-state index contributed by atoms with van der Waals surface area (Å²) >= 11 is 11.2. The fourth-order valence-electron chi connectivity index (χ4n) is 2.07. The van der Waals surface area contributed by atoms with E-state index in [1.54, 1.807) is 0 Å². The van der Waals surface area contributed by atoms with E-state index in [0.29, 0.717) is 0 Å². The minimum absolute atomic E-state index is 0.0349. The maximum absolute atomic E-state index is 14.5. The molecular formula is C15H10Cl2F2N2O3. The quantitative estimate of drug-likeness (QED) is 0.838. The van der Waals surface area contributed by atoms with Gasteiger partial charge in [0.1, 0.15) is 5.69 Å². The van der Waals surface area contributed by atoms with E-state index >= 15 is 0 Å². The number of carbonyl (C=O) groups is 1. The first-order valence-corrected chi connectivity index (χ1v) is 7.16. The van der Waals surface area contributed by atoms with Gasteiger partial charge in [0, 0.05) is 16.7 Å². The molecule has 1 aromatic carbocycles. The van der Waals surface area contributed by atoms with E-state index in [9.17, 15) is 18.7 Å². The van der Waals surface area contributed by atoms with Gasteiger partial charge in [-0.15, -0.1) is 0 Å². The summed E-state index contributed by atoms with van der Waals surface area (Å²) in [4.78, 5) is 15.0. The predicted molar refractivity (Wildman–Crippen MR) is 87.4 cm³/mol. The van der Waals surface area contributed by atoms with Gasteiger partial charge in [0.15, 0.2) is 23.1 Å². The van der Waals surface area contributed by atoms with Crippen molar-refractivity contribution in [3.05, 3.63) is 45.6 Å². The molecule has 0 fully saturated rings. The van der Waals surface area contributed by atoms with Crippen molar-refractivity contribution in [2.24, 2.45) is 0 Å². The number of methoxy groups -OCH3 is 1. The lowest BCUT2D eigenvalue weighted by atomic mass is 10.0. The molecule has 0 radical (unpaired) electrons. The molecule has 0 atom stereocenters. The first-order chi connectivity index (χ1) is 11.3. The molecular weight excluding hydrogens is 365 g/mol. The lowest BCUT2D eigenvalue weighted by Gasteiger charge is -2.13. The molecule has 0 aliphatic rings. The highest BCUT2D eigenvalue weighted by molar-refractivity contribution is 6.32. The Morgan fingerprint density at radius 3 is 2.58 bits per heavy atom. The Labute approximate surface area is 145 Å². The van der Waals surface area contributed by atoms with Crippen LogP contribution in [0.1, 0.15) is 16.1 Å². The standard InChI is InChI=1S/C15H10Cl2F2N2O3/c1-24-14-8(17)3-2-6(9(14)18)12-10(19)11(20)7(4-5-16)13(21-12)15(22)23/h2-5H,1H3,(H2,20,21)(H,22,23)/b5-4+. The van der Waals surface area contributed by atoms with Crippen molar-refractivity contribution >= 4 is 40.9 Å². The summed E-state index contributed by atoms with van der Waals surface area (Å²) in [6.07, 6.45) is 1.08. The van der Waals surface area contributed by atoms with Crippen LogP contribution in [0.25, 0.3) is 17.3 Å². The Balaban J connectivity index is 2.84. The number of anilines is 1. The van der Waals surface area contributed by atoms with Crippen LogP contribution in [-0.4, -0.2) is 23.2 Å². The molecule has 0 bridgehead atoms. The third-order valence-corrected chi connectivity index (χ3v) is 3.58. The van der Waals surface area contributed by atoms with Crippen LogP contribution in [0.2, 0.25) is 5.02 Å². The van der Waals surface area contributed by atoms with Crippen LogP contribution in [0, 0.1) is 11.6 Å². The number of rotatable bonds is 4. The fourth-order valence-corrected chi connectivity index (χ4v) is 2.42. The summed E-state index contributed by atoms with van der Waals surface area (Å²) in [5.41, 5.74) is 4.35. The molecule has 0 saturated heterocycles. The molecule has 1 heterocycles. The summed E-state index contributed by atoms with van der Waals surface area (Å²) in [5.74, 6) is -3.88. The zero-order chi connectivity index (χ0) is 18.0. The van der Waals surface area contributed by atoms with E-state index < -0.39 is 34.7 Å². The number of carboxylic acid groups (broad SMARTS) is 1. The smallest absolute Gasteiger partial charge is 0.355 e. The average Bonchev–Trinajstić information content (AvgIpc) is 2.53. The van der Waals surface area contributed by atoms with E-state index in [4.69, 9.17) is 33.7 Å². The summed E-state index contributed by atoms with van der Waals surface area (Å²) < 4.78 is 33.8. The van der Waals surface area contributed by atoms with Crippen LogP contribution in [0.3, 0.4) is 0 Å². The molecule has 126 valence electrons. The number of hydrogen-bond acceptors (Lipinski definition) is 4. The number of aromatic carboxylic acids is 1. The van der Waals surface area contributed by atoms with Gasteiger partial charge in [-0.05, 0) is 18.2 Å². The van der Waals surface area contributed by atoms with Gasteiger partial charge in [-0.25, -0.2) is 18.6 Å². The highest BCUT2D eigenvalue weighted by Crippen LogP contribution is 2.37. The Morgan fingerprint density at radius 2 is 2.04 bits per heavy atom. The SMILES string of the molecule is COc1c(Cl)ccc(-c2nc(C(=O)O)c(/C=C/Cl)c(N)c2F)c1F. The van der Waals surface area contributed by atoms with Crippen molar-refractivity contribution in [1.29, 1.82) is 0 Å². The number of hydrogen-bond donors (Lipinski definition) is 2. The highest BCUT2D eigenvalue weighted by Gasteiger charge is 2.25. The number of carboxylic acids is 1. The van der Waals surface area contributed by atoms with Gasteiger partial charge >= 0.3 is 5.97 Å². The number of nitrogens with zero attached hydrogens (tertiary/aromatic N) is 1. The van der Waals surface area contributed by atoms with E-state index in [0.717, 1.165) is 17.7 Å². The van der Waals surface area contributed by atoms with Crippen molar-refractivity contribution in [3.8, 4) is 17.0 Å². The molecule has 5 nitrogen and oxygen atoms in total. The van der Waals surface area contributed by atoms with Crippen LogP contribution in [0.15, 0.2) is 17.7 Å². The van der Waals surface area contributed by atoms with Gasteiger partial charge in [-0.2, -0.15) is 0 Å². The van der Waals surface area contributed by atoms with Gasteiger partial charge < -0.3 is 15.6 Å². The molecule has 0 saturated carbocycles. The van der Waals surface area contributed by atoms with E-state index in [-0.39, 0.29) is 21.9 Å². The number of nitrogens with two attached hydrogens (primary N) is 1. The maximum Gasteiger partial charge on any atom is 0.355 e. The summed E-state index contributed by atoms with van der Waals surface area (Å²) in [6, 6.07) is 2.41. The Kier molecular flexibility index (Phi) is 5.26. The number of halogens is 4. The van der Waals surface area contributed by atoms with Gasteiger partial charge in [0.2, 0.25) is 0 Å². The summed E-state index contributed by atoms with van der Waals surface area (Å²) in [5, 5.41) is 9.20. The van der Waals surface area contributed by atoms with Crippen LogP contribution in [0.4, 0.5) is 14.5 Å². The predicted octanol–water partition coefficient (Wildman–Crippen LogP) is 4.18. The second-order valence-electron chi connectivity index (χ2n) is 4.49. The van der Waals surface area contributed by atoms with Crippen molar-refractivity contribution in [2.75, 3.05) is 12.8 Å². The Hall–Kier alpha value is -2.38. The molecule has 0 aliphatic heterocycles. The number of benzene rings is 1. The molecule has 0 unspecified atom stereocenters. The molecule has 24 heavy (non-hydrogen) atoms.